The van der Waals surface area contributed by atoms with E-state index < -0.39 is 6.10 Å². The van der Waals surface area contributed by atoms with E-state index in [2.05, 4.69) is 17.9 Å². The zero-order chi connectivity index (χ0) is 14.5. The molecule has 0 N–H and O–H groups in total. The molecule has 1 heterocycles. The molecule has 110 valence electrons. The van der Waals surface area contributed by atoms with Gasteiger partial charge < -0.3 is 14.2 Å². The SMILES string of the molecule is COC(=O)C1CN(Cc2cc(C)ccc2OC)CCO1. The molecule has 20 heavy (non-hydrogen) atoms. The molecule has 1 aromatic carbocycles. The third-order valence-corrected chi connectivity index (χ3v) is 3.44. The summed E-state index contributed by atoms with van der Waals surface area (Å²) < 4.78 is 15.6. The Labute approximate surface area is 119 Å². The van der Waals surface area contributed by atoms with Crippen molar-refractivity contribution in [2.45, 2.75) is 19.6 Å². The fourth-order valence-electron chi connectivity index (χ4n) is 2.39. The number of ether oxygens (including phenoxy) is 3. The highest BCUT2D eigenvalue weighted by Crippen LogP contribution is 2.22. The van der Waals surface area contributed by atoms with Crippen LogP contribution in [-0.2, 0) is 20.8 Å². The number of esters is 1. The number of carbonyl (C=O) groups is 1. The van der Waals surface area contributed by atoms with Crippen LogP contribution in [0.15, 0.2) is 18.2 Å². The van der Waals surface area contributed by atoms with Crippen LogP contribution < -0.4 is 4.74 Å². The second-order valence-electron chi connectivity index (χ2n) is 4.93. The van der Waals surface area contributed by atoms with Crippen molar-refractivity contribution in [2.24, 2.45) is 0 Å². The van der Waals surface area contributed by atoms with Gasteiger partial charge >= 0.3 is 5.97 Å². The van der Waals surface area contributed by atoms with Gasteiger partial charge in [0.2, 0.25) is 0 Å². The summed E-state index contributed by atoms with van der Waals surface area (Å²) in [6, 6.07) is 6.11. The van der Waals surface area contributed by atoms with E-state index in [0.717, 1.165) is 24.4 Å². The molecule has 2 rings (SSSR count). The number of hydrogen-bond donors (Lipinski definition) is 0. The summed E-state index contributed by atoms with van der Waals surface area (Å²) in [5, 5.41) is 0. The average molecular weight is 279 g/mol. The van der Waals surface area contributed by atoms with Crippen molar-refractivity contribution in [3.8, 4) is 5.75 Å². The molecule has 0 saturated carbocycles. The first kappa shape index (κ1) is 14.8. The summed E-state index contributed by atoms with van der Waals surface area (Å²) >= 11 is 0. The molecule has 0 aliphatic carbocycles. The molecule has 1 atom stereocenters. The average Bonchev–Trinajstić information content (AvgIpc) is 2.47. The molecule has 1 aliphatic heterocycles. The molecule has 1 aromatic rings. The van der Waals surface area contributed by atoms with Crippen molar-refractivity contribution in [1.29, 1.82) is 0 Å². The number of hydrogen-bond acceptors (Lipinski definition) is 5. The zero-order valence-corrected chi connectivity index (χ0v) is 12.2. The number of morpholine rings is 1. The Morgan fingerprint density at radius 3 is 2.95 bits per heavy atom. The second-order valence-corrected chi connectivity index (χ2v) is 4.93. The van der Waals surface area contributed by atoms with Gasteiger partial charge in [0.1, 0.15) is 5.75 Å². The van der Waals surface area contributed by atoms with Crippen LogP contribution in [-0.4, -0.2) is 50.9 Å². The van der Waals surface area contributed by atoms with Gasteiger partial charge in [0.05, 0.1) is 20.8 Å². The first-order valence-electron chi connectivity index (χ1n) is 6.69. The minimum Gasteiger partial charge on any atom is -0.496 e. The van der Waals surface area contributed by atoms with Gasteiger partial charge in [-0.25, -0.2) is 4.79 Å². The normalized spacial score (nSPS) is 19.6. The van der Waals surface area contributed by atoms with E-state index in [-0.39, 0.29) is 5.97 Å². The Balaban J connectivity index is 2.06. The molecule has 0 spiro atoms. The van der Waals surface area contributed by atoms with Crippen molar-refractivity contribution in [3.63, 3.8) is 0 Å². The first-order valence-corrected chi connectivity index (χ1v) is 6.69. The van der Waals surface area contributed by atoms with E-state index in [1.54, 1.807) is 7.11 Å². The number of methoxy groups -OCH3 is 2. The largest absolute Gasteiger partial charge is 0.496 e. The highest BCUT2D eigenvalue weighted by atomic mass is 16.6. The molecular weight excluding hydrogens is 258 g/mol. The summed E-state index contributed by atoms with van der Waals surface area (Å²) in [6.45, 7) is 4.67. The Morgan fingerprint density at radius 1 is 1.45 bits per heavy atom. The van der Waals surface area contributed by atoms with Gasteiger partial charge in [-0.15, -0.1) is 0 Å². The van der Waals surface area contributed by atoms with Crippen molar-refractivity contribution < 1.29 is 19.0 Å². The zero-order valence-electron chi connectivity index (χ0n) is 12.2. The lowest BCUT2D eigenvalue weighted by atomic mass is 10.1. The fraction of sp³-hybridized carbons (Fsp3) is 0.533. The van der Waals surface area contributed by atoms with Gasteiger partial charge in [-0.1, -0.05) is 17.7 Å². The molecule has 0 aromatic heterocycles. The molecule has 5 nitrogen and oxygen atoms in total. The van der Waals surface area contributed by atoms with Gasteiger partial charge in [-0.3, -0.25) is 4.90 Å². The predicted octanol–water partition coefficient (Wildman–Crippen LogP) is 1.38. The van der Waals surface area contributed by atoms with Crippen LogP contribution >= 0.6 is 0 Å². The predicted molar refractivity (Wildman–Crippen MR) is 74.8 cm³/mol. The molecular formula is C15H21NO4. The first-order chi connectivity index (χ1) is 9.63. The summed E-state index contributed by atoms with van der Waals surface area (Å²) in [5.41, 5.74) is 2.32. The maximum atomic E-state index is 11.5. The number of aryl methyl sites for hydroxylation is 1. The second kappa shape index (κ2) is 6.72. The maximum Gasteiger partial charge on any atom is 0.336 e. The standard InChI is InChI=1S/C15H21NO4/c1-11-4-5-13(18-2)12(8-11)9-16-6-7-20-14(10-16)15(17)19-3/h4-5,8,14H,6-7,9-10H2,1-3H3. The van der Waals surface area contributed by atoms with Crippen LogP contribution in [0.3, 0.4) is 0 Å². The van der Waals surface area contributed by atoms with Crippen LogP contribution in [0.2, 0.25) is 0 Å². The fourth-order valence-corrected chi connectivity index (χ4v) is 2.39. The summed E-state index contributed by atoms with van der Waals surface area (Å²) in [4.78, 5) is 13.7. The molecule has 0 radical (unpaired) electrons. The third-order valence-electron chi connectivity index (χ3n) is 3.44. The van der Waals surface area contributed by atoms with E-state index >= 15 is 0 Å². The van der Waals surface area contributed by atoms with Crippen LogP contribution in [0, 0.1) is 6.92 Å². The van der Waals surface area contributed by atoms with Crippen molar-refractivity contribution >= 4 is 5.97 Å². The van der Waals surface area contributed by atoms with E-state index in [1.165, 1.54) is 12.7 Å². The van der Waals surface area contributed by atoms with E-state index in [1.807, 2.05) is 12.1 Å². The summed E-state index contributed by atoms with van der Waals surface area (Å²) in [7, 11) is 3.05. The van der Waals surface area contributed by atoms with Crippen molar-refractivity contribution in [3.05, 3.63) is 29.3 Å². The van der Waals surface area contributed by atoms with Gasteiger partial charge in [-0.2, -0.15) is 0 Å². The van der Waals surface area contributed by atoms with Crippen LogP contribution in [0.4, 0.5) is 0 Å². The molecule has 1 unspecified atom stereocenters. The van der Waals surface area contributed by atoms with Crippen molar-refractivity contribution in [1.82, 2.24) is 4.90 Å². The van der Waals surface area contributed by atoms with Gasteiger partial charge in [-0.05, 0) is 13.0 Å². The van der Waals surface area contributed by atoms with E-state index in [0.29, 0.717) is 13.2 Å². The summed E-state index contributed by atoms with van der Waals surface area (Å²) in [6.07, 6.45) is -0.496. The third kappa shape index (κ3) is 3.49. The lowest BCUT2D eigenvalue weighted by Gasteiger charge is -2.31. The van der Waals surface area contributed by atoms with Crippen molar-refractivity contribution in [2.75, 3.05) is 33.9 Å². The number of nitrogens with zero attached hydrogens (tertiary/aromatic N) is 1. The number of carbonyl (C=O) groups excluding carboxylic acids is 1. The molecule has 1 fully saturated rings. The lowest BCUT2D eigenvalue weighted by molar-refractivity contribution is -0.160. The van der Waals surface area contributed by atoms with Crippen LogP contribution in [0.5, 0.6) is 5.75 Å². The smallest absolute Gasteiger partial charge is 0.336 e. The number of benzene rings is 1. The van der Waals surface area contributed by atoms with E-state index in [4.69, 9.17) is 14.2 Å². The Kier molecular flexibility index (Phi) is 4.98. The van der Waals surface area contributed by atoms with Crippen LogP contribution in [0.1, 0.15) is 11.1 Å². The van der Waals surface area contributed by atoms with E-state index in [9.17, 15) is 4.79 Å². The minimum atomic E-state index is -0.496. The molecule has 0 amide bonds. The summed E-state index contributed by atoms with van der Waals surface area (Å²) in [5.74, 6) is 0.558. The molecule has 1 aliphatic rings. The van der Waals surface area contributed by atoms with Gasteiger partial charge in [0.25, 0.3) is 0 Å². The molecule has 1 saturated heterocycles. The Bertz CT molecular complexity index is 475. The molecule has 5 heteroatoms. The highest BCUT2D eigenvalue weighted by molar-refractivity contribution is 5.74. The Morgan fingerprint density at radius 2 is 2.25 bits per heavy atom. The molecule has 0 bridgehead atoms. The number of rotatable bonds is 4. The maximum absolute atomic E-state index is 11.5. The van der Waals surface area contributed by atoms with Crippen LogP contribution in [0.25, 0.3) is 0 Å². The highest BCUT2D eigenvalue weighted by Gasteiger charge is 2.27. The Hall–Kier alpha value is -1.59. The lowest BCUT2D eigenvalue weighted by Crippen LogP contribution is -2.46. The van der Waals surface area contributed by atoms with Gasteiger partial charge in [0, 0.05) is 25.2 Å². The minimum absolute atomic E-state index is 0.314. The quantitative estimate of drug-likeness (QED) is 0.779. The monoisotopic (exact) mass is 279 g/mol. The van der Waals surface area contributed by atoms with Gasteiger partial charge in [0.15, 0.2) is 6.10 Å². The topological polar surface area (TPSA) is 48.0 Å².